The second kappa shape index (κ2) is 8.55. The second-order valence-electron chi connectivity index (χ2n) is 6.14. The number of para-hydroxylation sites is 1. The van der Waals surface area contributed by atoms with Crippen molar-refractivity contribution >= 4 is 39.0 Å². The average Bonchev–Trinajstić information content (AvgIpc) is 3.40. The van der Waals surface area contributed by atoms with Crippen molar-refractivity contribution in [3.8, 4) is 16.9 Å². The van der Waals surface area contributed by atoms with Gasteiger partial charge in [0.2, 0.25) is 5.78 Å². The second-order valence-corrected chi connectivity index (χ2v) is 8.60. The van der Waals surface area contributed by atoms with Crippen LogP contribution in [0.5, 0.6) is 0 Å². The van der Waals surface area contributed by atoms with Gasteiger partial charge in [-0.15, -0.1) is 11.3 Å². The number of ether oxygens (including phenoxy) is 1. The molecule has 29 heavy (non-hydrogen) atoms. The summed E-state index contributed by atoms with van der Waals surface area (Å²) in [5.41, 5.74) is 2.43. The van der Waals surface area contributed by atoms with Crippen LogP contribution in [0, 0.1) is 0 Å². The Hall–Kier alpha value is -3.03. The van der Waals surface area contributed by atoms with Gasteiger partial charge in [0.25, 0.3) is 0 Å². The maximum atomic E-state index is 12.8. The first-order valence-corrected chi connectivity index (χ1v) is 10.4. The Morgan fingerprint density at radius 1 is 0.966 bits per heavy atom. The molecular weight excluding hydrogens is 452 g/mol. The first kappa shape index (κ1) is 19.3. The predicted octanol–water partition coefficient (Wildman–Crippen LogP) is 5.40. The van der Waals surface area contributed by atoms with Crippen molar-refractivity contribution in [2.75, 3.05) is 6.61 Å². The van der Waals surface area contributed by atoms with Gasteiger partial charge < -0.3 is 4.74 Å². The summed E-state index contributed by atoms with van der Waals surface area (Å²) in [5.74, 6) is -0.833. The van der Waals surface area contributed by atoms with E-state index >= 15 is 0 Å². The summed E-state index contributed by atoms with van der Waals surface area (Å²) in [5, 5.41) is 4.59. The fourth-order valence-electron chi connectivity index (χ4n) is 2.79. The van der Waals surface area contributed by atoms with E-state index in [1.54, 1.807) is 23.0 Å². The van der Waals surface area contributed by atoms with Gasteiger partial charge in [-0.3, -0.25) is 4.79 Å². The lowest BCUT2D eigenvalue weighted by Gasteiger charge is -2.04. The number of carbonyl (C=O) groups is 2. The minimum Gasteiger partial charge on any atom is -0.454 e. The molecule has 0 aliphatic rings. The van der Waals surface area contributed by atoms with Crippen molar-refractivity contribution in [1.82, 2.24) is 9.78 Å². The Kier molecular flexibility index (Phi) is 5.69. The minimum atomic E-state index is -0.588. The topological polar surface area (TPSA) is 61.2 Å². The van der Waals surface area contributed by atoms with Crippen molar-refractivity contribution in [2.24, 2.45) is 0 Å². The third-order valence-electron chi connectivity index (χ3n) is 4.18. The number of Topliss-reactive ketones (excluding diaryl/α,β-unsaturated/α-hetero) is 1. The zero-order valence-electron chi connectivity index (χ0n) is 15.1. The van der Waals surface area contributed by atoms with E-state index in [-0.39, 0.29) is 12.4 Å². The molecule has 0 saturated carbocycles. The van der Waals surface area contributed by atoms with E-state index in [1.165, 1.54) is 11.3 Å². The van der Waals surface area contributed by atoms with Crippen molar-refractivity contribution in [1.29, 1.82) is 0 Å². The van der Waals surface area contributed by atoms with Crippen LogP contribution in [0.4, 0.5) is 0 Å². The number of nitrogens with zero attached hydrogens (tertiary/aromatic N) is 2. The largest absolute Gasteiger partial charge is 0.454 e. The standard InChI is InChI=1S/C22H15BrN2O3S/c23-20-12-11-19(29-20)18(26)14-28-22(27)17-13-25(16-9-5-2-6-10-16)24-21(17)15-7-3-1-4-8-15/h1-13H,14H2. The molecule has 2 aromatic heterocycles. The number of thiophene rings is 1. The van der Waals surface area contributed by atoms with Crippen molar-refractivity contribution in [3.05, 3.63) is 93.2 Å². The van der Waals surface area contributed by atoms with E-state index in [9.17, 15) is 9.59 Å². The molecule has 7 heteroatoms. The lowest BCUT2D eigenvalue weighted by molar-refractivity contribution is 0.0476. The van der Waals surface area contributed by atoms with Crippen LogP contribution in [0.3, 0.4) is 0 Å². The van der Waals surface area contributed by atoms with Crippen LogP contribution in [0.2, 0.25) is 0 Å². The first-order chi connectivity index (χ1) is 14.1. The summed E-state index contributed by atoms with van der Waals surface area (Å²) in [6.07, 6.45) is 1.63. The van der Waals surface area contributed by atoms with Gasteiger partial charge in [0, 0.05) is 11.8 Å². The van der Waals surface area contributed by atoms with Crippen LogP contribution >= 0.6 is 27.3 Å². The molecular formula is C22H15BrN2O3S. The summed E-state index contributed by atoms with van der Waals surface area (Å²) in [6.45, 7) is -0.323. The molecule has 0 N–H and O–H groups in total. The number of esters is 1. The van der Waals surface area contributed by atoms with E-state index in [0.29, 0.717) is 16.1 Å². The van der Waals surface area contributed by atoms with Gasteiger partial charge in [0.15, 0.2) is 6.61 Å². The highest BCUT2D eigenvalue weighted by Gasteiger charge is 2.21. The van der Waals surface area contributed by atoms with Crippen molar-refractivity contribution in [2.45, 2.75) is 0 Å². The summed E-state index contributed by atoms with van der Waals surface area (Å²) >= 11 is 4.63. The van der Waals surface area contributed by atoms with E-state index in [2.05, 4.69) is 21.0 Å². The molecule has 0 fully saturated rings. The van der Waals surface area contributed by atoms with Gasteiger partial charge in [-0.05, 0) is 40.2 Å². The molecule has 0 saturated heterocycles. The molecule has 0 spiro atoms. The molecule has 0 radical (unpaired) electrons. The zero-order chi connectivity index (χ0) is 20.2. The van der Waals surface area contributed by atoms with Crippen molar-refractivity contribution in [3.63, 3.8) is 0 Å². The number of rotatable bonds is 6. The number of aromatic nitrogens is 2. The van der Waals surface area contributed by atoms with Crippen molar-refractivity contribution < 1.29 is 14.3 Å². The molecule has 4 aromatic rings. The summed E-state index contributed by atoms with van der Waals surface area (Å²) in [4.78, 5) is 25.6. The first-order valence-electron chi connectivity index (χ1n) is 8.78. The zero-order valence-corrected chi connectivity index (χ0v) is 17.5. The smallest absolute Gasteiger partial charge is 0.342 e. The Balaban J connectivity index is 1.62. The lowest BCUT2D eigenvalue weighted by atomic mass is 10.1. The fraction of sp³-hybridized carbons (Fsp3) is 0.0455. The maximum absolute atomic E-state index is 12.8. The number of ketones is 1. The normalized spacial score (nSPS) is 10.7. The summed E-state index contributed by atoms with van der Waals surface area (Å²) in [6, 6.07) is 22.4. The molecule has 0 atom stereocenters. The van der Waals surface area contributed by atoms with Gasteiger partial charge in [0.1, 0.15) is 11.3 Å². The Morgan fingerprint density at radius 2 is 1.66 bits per heavy atom. The van der Waals surface area contributed by atoms with E-state index in [1.807, 2.05) is 60.7 Å². The van der Waals surface area contributed by atoms with E-state index < -0.39 is 5.97 Å². The molecule has 5 nitrogen and oxygen atoms in total. The molecule has 2 heterocycles. The molecule has 144 valence electrons. The van der Waals surface area contributed by atoms with Gasteiger partial charge in [-0.25, -0.2) is 9.48 Å². The number of carbonyl (C=O) groups excluding carboxylic acids is 2. The van der Waals surface area contributed by atoms with Crippen LogP contribution in [0.15, 0.2) is 82.8 Å². The summed E-state index contributed by atoms with van der Waals surface area (Å²) < 4.78 is 7.80. The lowest BCUT2D eigenvalue weighted by Crippen LogP contribution is -2.13. The highest BCUT2D eigenvalue weighted by Crippen LogP contribution is 2.25. The number of halogens is 1. The van der Waals surface area contributed by atoms with Crippen LogP contribution < -0.4 is 0 Å². The van der Waals surface area contributed by atoms with Crippen LogP contribution in [-0.4, -0.2) is 28.1 Å². The number of benzene rings is 2. The predicted molar refractivity (Wildman–Crippen MR) is 116 cm³/mol. The Labute approximate surface area is 179 Å². The SMILES string of the molecule is O=C(COC(=O)c1cn(-c2ccccc2)nc1-c1ccccc1)c1ccc(Br)s1. The number of hydrogen-bond donors (Lipinski definition) is 0. The van der Waals surface area contributed by atoms with Gasteiger partial charge in [-0.2, -0.15) is 5.10 Å². The Bertz CT molecular complexity index is 1150. The molecule has 0 unspecified atom stereocenters. The third kappa shape index (κ3) is 4.36. The molecule has 4 rings (SSSR count). The quantitative estimate of drug-likeness (QED) is 0.281. The summed E-state index contributed by atoms with van der Waals surface area (Å²) in [7, 11) is 0. The maximum Gasteiger partial charge on any atom is 0.342 e. The van der Waals surface area contributed by atoms with Crippen LogP contribution in [0.1, 0.15) is 20.0 Å². The monoisotopic (exact) mass is 466 g/mol. The van der Waals surface area contributed by atoms with E-state index in [4.69, 9.17) is 4.74 Å². The molecule has 2 aromatic carbocycles. The van der Waals surface area contributed by atoms with Crippen LogP contribution in [-0.2, 0) is 4.74 Å². The molecule has 0 aliphatic carbocycles. The van der Waals surface area contributed by atoms with Gasteiger partial charge in [0.05, 0.1) is 14.4 Å². The molecule has 0 aliphatic heterocycles. The highest BCUT2D eigenvalue weighted by atomic mass is 79.9. The minimum absolute atomic E-state index is 0.245. The molecule has 0 amide bonds. The number of hydrogen-bond acceptors (Lipinski definition) is 5. The van der Waals surface area contributed by atoms with Crippen LogP contribution in [0.25, 0.3) is 16.9 Å². The molecule has 0 bridgehead atoms. The van der Waals surface area contributed by atoms with Gasteiger partial charge in [-0.1, -0.05) is 48.5 Å². The third-order valence-corrected chi connectivity index (χ3v) is 5.85. The average molecular weight is 467 g/mol. The fourth-order valence-corrected chi connectivity index (χ4v) is 4.10. The van der Waals surface area contributed by atoms with E-state index in [0.717, 1.165) is 15.0 Å². The highest BCUT2D eigenvalue weighted by molar-refractivity contribution is 9.11. The van der Waals surface area contributed by atoms with Gasteiger partial charge >= 0.3 is 5.97 Å². The Morgan fingerprint density at radius 3 is 2.31 bits per heavy atom.